The Labute approximate surface area is 142 Å². The molecule has 1 heterocycles. The third kappa shape index (κ3) is 4.24. The van der Waals surface area contributed by atoms with Gasteiger partial charge in [0.2, 0.25) is 0 Å². The number of ether oxygens (including phenoxy) is 1. The van der Waals surface area contributed by atoms with Crippen LogP contribution in [0.2, 0.25) is 0 Å². The van der Waals surface area contributed by atoms with Crippen molar-refractivity contribution >= 4 is 18.3 Å². The van der Waals surface area contributed by atoms with Gasteiger partial charge in [-0.2, -0.15) is 0 Å². The molecule has 2 aromatic rings. The van der Waals surface area contributed by atoms with Crippen molar-refractivity contribution in [2.45, 2.75) is 12.5 Å². The monoisotopic (exact) mass is 332 g/mol. The summed E-state index contributed by atoms with van der Waals surface area (Å²) >= 11 is 0. The van der Waals surface area contributed by atoms with Gasteiger partial charge in [-0.05, 0) is 43.3 Å². The minimum atomic E-state index is 0. The summed E-state index contributed by atoms with van der Waals surface area (Å²) in [7, 11) is 1.87. The van der Waals surface area contributed by atoms with E-state index in [1.165, 1.54) is 0 Å². The molecule has 122 valence electrons. The van der Waals surface area contributed by atoms with Gasteiger partial charge in [-0.25, -0.2) is 0 Å². The maximum atomic E-state index is 12.6. The summed E-state index contributed by atoms with van der Waals surface area (Å²) in [4.78, 5) is 14.4. The van der Waals surface area contributed by atoms with Gasteiger partial charge in [-0.1, -0.05) is 24.3 Å². The zero-order chi connectivity index (χ0) is 15.4. The normalized spacial score (nSPS) is 16.5. The molecule has 0 aliphatic carbocycles. The van der Waals surface area contributed by atoms with Gasteiger partial charge in [0, 0.05) is 25.2 Å². The number of nitrogens with zero attached hydrogens (tertiary/aromatic N) is 1. The largest absolute Gasteiger partial charge is 0.457 e. The lowest BCUT2D eigenvalue weighted by Gasteiger charge is -2.24. The number of rotatable bonds is 4. The van der Waals surface area contributed by atoms with Crippen molar-refractivity contribution in [2.75, 3.05) is 20.1 Å². The average molecular weight is 333 g/mol. The lowest BCUT2D eigenvalue weighted by molar-refractivity contribution is 0.0743. The fourth-order valence-corrected chi connectivity index (χ4v) is 2.66. The summed E-state index contributed by atoms with van der Waals surface area (Å²) in [5.74, 6) is 1.47. The predicted molar refractivity (Wildman–Crippen MR) is 93.6 cm³/mol. The Hall–Kier alpha value is -2.04. The summed E-state index contributed by atoms with van der Waals surface area (Å²) in [5, 5.41) is 3.29. The first-order valence-electron chi connectivity index (χ1n) is 7.55. The summed E-state index contributed by atoms with van der Waals surface area (Å²) < 4.78 is 5.79. The molecule has 0 radical (unpaired) electrons. The number of hydrogen-bond donors (Lipinski definition) is 1. The van der Waals surface area contributed by atoms with Crippen LogP contribution in [0, 0.1) is 0 Å². The summed E-state index contributed by atoms with van der Waals surface area (Å²) in [6.45, 7) is 1.84. The van der Waals surface area contributed by atoms with Crippen molar-refractivity contribution in [3.05, 3.63) is 60.2 Å². The van der Waals surface area contributed by atoms with Crippen molar-refractivity contribution in [3.63, 3.8) is 0 Å². The molecule has 1 aliphatic heterocycles. The van der Waals surface area contributed by atoms with E-state index in [1.807, 2.05) is 60.5 Å². The number of halogens is 1. The Morgan fingerprint density at radius 3 is 2.57 bits per heavy atom. The van der Waals surface area contributed by atoms with Gasteiger partial charge in [0.15, 0.2) is 0 Å². The minimum Gasteiger partial charge on any atom is -0.457 e. The molecule has 4 nitrogen and oxygen atoms in total. The van der Waals surface area contributed by atoms with Gasteiger partial charge in [0.25, 0.3) is 5.91 Å². The smallest absolute Gasteiger partial charge is 0.254 e. The number of carbonyl (C=O) groups is 1. The van der Waals surface area contributed by atoms with E-state index in [0.717, 1.165) is 25.3 Å². The Morgan fingerprint density at radius 2 is 1.87 bits per heavy atom. The molecule has 1 saturated heterocycles. The molecule has 1 atom stereocenters. The van der Waals surface area contributed by atoms with E-state index in [-0.39, 0.29) is 24.4 Å². The highest BCUT2D eigenvalue weighted by Crippen LogP contribution is 2.22. The zero-order valence-electron chi connectivity index (χ0n) is 13.1. The lowest BCUT2D eigenvalue weighted by atomic mass is 10.1. The van der Waals surface area contributed by atoms with Crippen LogP contribution in [-0.2, 0) is 0 Å². The van der Waals surface area contributed by atoms with Gasteiger partial charge in [0.05, 0.1) is 0 Å². The number of likely N-dealkylation sites (N-methyl/N-ethyl adjacent to an activating group) is 1. The molecule has 0 spiro atoms. The Bertz CT molecular complexity index is 642. The van der Waals surface area contributed by atoms with Crippen molar-refractivity contribution in [1.82, 2.24) is 10.2 Å². The Morgan fingerprint density at radius 1 is 1.13 bits per heavy atom. The van der Waals surface area contributed by atoms with Crippen molar-refractivity contribution in [2.24, 2.45) is 0 Å². The fourth-order valence-electron chi connectivity index (χ4n) is 2.66. The van der Waals surface area contributed by atoms with Crippen LogP contribution in [0.15, 0.2) is 54.6 Å². The van der Waals surface area contributed by atoms with Crippen LogP contribution in [0.1, 0.15) is 16.8 Å². The molecular formula is C18H21ClN2O2. The highest BCUT2D eigenvalue weighted by molar-refractivity contribution is 5.94. The number of amides is 1. The van der Waals surface area contributed by atoms with Crippen molar-refractivity contribution in [1.29, 1.82) is 0 Å². The van der Waals surface area contributed by atoms with Crippen LogP contribution < -0.4 is 10.1 Å². The van der Waals surface area contributed by atoms with Crippen LogP contribution in [0.25, 0.3) is 0 Å². The quantitative estimate of drug-likeness (QED) is 0.933. The highest BCUT2D eigenvalue weighted by Gasteiger charge is 2.24. The maximum absolute atomic E-state index is 12.6. The molecule has 3 rings (SSSR count). The molecular weight excluding hydrogens is 312 g/mol. The van der Waals surface area contributed by atoms with Gasteiger partial charge in [0.1, 0.15) is 11.5 Å². The Kier molecular flexibility index (Phi) is 6.02. The van der Waals surface area contributed by atoms with Crippen LogP contribution >= 0.6 is 12.4 Å². The van der Waals surface area contributed by atoms with Gasteiger partial charge >= 0.3 is 0 Å². The number of para-hydroxylation sites is 1. The maximum Gasteiger partial charge on any atom is 0.254 e. The Balaban J connectivity index is 0.00000192. The van der Waals surface area contributed by atoms with E-state index in [4.69, 9.17) is 4.74 Å². The van der Waals surface area contributed by atoms with E-state index in [0.29, 0.717) is 11.3 Å². The number of hydrogen-bond acceptors (Lipinski definition) is 3. The molecule has 1 fully saturated rings. The molecule has 0 bridgehead atoms. The van der Waals surface area contributed by atoms with Crippen molar-refractivity contribution < 1.29 is 9.53 Å². The summed E-state index contributed by atoms with van der Waals surface area (Å²) in [6, 6.07) is 17.2. The lowest BCUT2D eigenvalue weighted by Crippen LogP contribution is -2.38. The van der Waals surface area contributed by atoms with E-state index < -0.39 is 0 Å². The van der Waals surface area contributed by atoms with Gasteiger partial charge in [-0.15, -0.1) is 12.4 Å². The molecule has 0 saturated carbocycles. The average Bonchev–Trinajstić information content (AvgIpc) is 3.09. The molecule has 2 aromatic carbocycles. The number of benzene rings is 2. The van der Waals surface area contributed by atoms with E-state index in [2.05, 4.69) is 5.32 Å². The van der Waals surface area contributed by atoms with Gasteiger partial charge < -0.3 is 15.0 Å². The zero-order valence-corrected chi connectivity index (χ0v) is 13.9. The third-order valence-electron chi connectivity index (χ3n) is 3.96. The minimum absolute atomic E-state index is 0. The first kappa shape index (κ1) is 17.3. The molecule has 1 unspecified atom stereocenters. The molecule has 5 heteroatoms. The second kappa shape index (κ2) is 7.99. The van der Waals surface area contributed by atoms with Gasteiger partial charge in [-0.3, -0.25) is 4.79 Å². The first-order chi connectivity index (χ1) is 10.7. The fraction of sp³-hybridized carbons (Fsp3) is 0.278. The number of nitrogens with one attached hydrogen (secondary N) is 1. The van der Waals surface area contributed by atoms with Crippen LogP contribution in [0.5, 0.6) is 11.5 Å². The SMILES string of the molecule is CN(C(=O)c1cccc(Oc2ccccc2)c1)C1CCNC1.Cl. The molecule has 1 aliphatic rings. The second-order valence-corrected chi connectivity index (χ2v) is 5.51. The molecule has 0 aromatic heterocycles. The van der Waals surface area contributed by atoms with E-state index in [1.54, 1.807) is 6.07 Å². The topological polar surface area (TPSA) is 41.6 Å². The van der Waals surface area contributed by atoms with Crippen LogP contribution in [-0.4, -0.2) is 37.0 Å². The molecule has 1 N–H and O–H groups in total. The second-order valence-electron chi connectivity index (χ2n) is 5.51. The van der Waals surface area contributed by atoms with Crippen LogP contribution in [0.3, 0.4) is 0 Å². The summed E-state index contributed by atoms with van der Waals surface area (Å²) in [6.07, 6.45) is 1.00. The van der Waals surface area contributed by atoms with Crippen molar-refractivity contribution in [3.8, 4) is 11.5 Å². The third-order valence-corrected chi connectivity index (χ3v) is 3.96. The van der Waals surface area contributed by atoms with E-state index >= 15 is 0 Å². The standard InChI is InChI=1S/C18H20N2O2.ClH/c1-20(15-10-11-19-13-15)18(21)14-6-5-9-17(12-14)22-16-7-3-2-4-8-16;/h2-9,12,15,19H,10-11,13H2,1H3;1H. The predicted octanol–water partition coefficient (Wildman–Crippen LogP) is 3.33. The van der Waals surface area contributed by atoms with Crippen LogP contribution in [0.4, 0.5) is 0 Å². The number of carbonyl (C=O) groups excluding carboxylic acids is 1. The highest BCUT2D eigenvalue weighted by atomic mass is 35.5. The molecule has 23 heavy (non-hydrogen) atoms. The first-order valence-corrected chi connectivity index (χ1v) is 7.55. The molecule has 1 amide bonds. The summed E-state index contributed by atoms with van der Waals surface area (Å²) in [5.41, 5.74) is 0.655. The van der Waals surface area contributed by atoms with E-state index in [9.17, 15) is 4.79 Å².